The van der Waals surface area contributed by atoms with Crippen molar-refractivity contribution in [2.75, 3.05) is 0 Å². The quantitative estimate of drug-likeness (QED) is 0.927. The Bertz CT molecular complexity index is 574. The van der Waals surface area contributed by atoms with Crippen molar-refractivity contribution in [2.45, 2.75) is 18.8 Å². The van der Waals surface area contributed by atoms with Gasteiger partial charge in [-0.3, -0.25) is 4.79 Å². The predicted molar refractivity (Wildman–Crippen MR) is 65.6 cm³/mol. The van der Waals surface area contributed by atoms with Crippen molar-refractivity contribution in [3.05, 3.63) is 31.4 Å². The molecule has 4 nitrogen and oxygen atoms in total. The van der Waals surface area contributed by atoms with E-state index in [9.17, 15) is 4.79 Å². The van der Waals surface area contributed by atoms with E-state index in [0.717, 1.165) is 24.2 Å². The number of nitrogens with zero attached hydrogens (tertiary/aromatic N) is 2. The number of aromatic amines is 1. The van der Waals surface area contributed by atoms with Crippen LogP contribution in [0.15, 0.2) is 20.2 Å². The molecule has 0 bridgehead atoms. The molecule has 16 heavy (non-hydrogen) atoms. The van der Waals surface area contributed by atoms with Crippen LogP contribution in [0.5, 0.6) is 0 Å². The molecule has 0 amide bonds. The zero-order valence-corrected chi connectivity index (χ0v) is 10.6. The van der Waals surface area contributed by atoms with Gasteiger partial charge in [-0.2, -0.15) is 0 Å². The highest BCUT2D eigenvalue weighted by molar-refractivity contribution is 9.10. The van der Waals surface area contributed by atoms with E-state index < -0.39 is 0 Å². The number of hydrogen-bond donors (Lipinski definition) is 1. The maximum absolute atomic E-state index is 11.7. The minimum Gasteiger partial charge on any atom is -0.304 e. The van der Waals surface area contributed by atoms with Gasteiger partial charge in [-0.05, 0) is 28.8 Å². The molecule has 1 aliphatic rings. The van der Waals surface area contributed by atoms with E-state index in [-0.39, 0.29) is 5.56 Å². The van der Waals surface area contributed by atoms with Gasteiger partial charge in [0, 0.05) is 11.3 Å². The molecule has 0 radical (unpaired) electrons. The van der Waals surface area contributed by atoms with E-state index in [1.54, 1.807) is 5.51 Å². The van der Waals surface area contributed by atoms with Crippen LogP contribution in [0.4, 0.5) is 0 Å². The third-order valence-corrected chi connectivity index (χ3v) is 3.88. The van der Waals surface area contributed by atoms with Gasteiger partial charge in [0.05, 0.1) is 11.2 Å². The molecule has 0 atom stereocenters. The Balaban J connectivity index is 2.17. The van der Waals surface area contributed by atoms with Crippen molar-refractivity contribution in [3.63, 3.8) is 0 Å². The van der Waals surface area contributed by atoms with Crippen LogP contribution in [-0.4, -0.2) is 15.0 Å². The highest BCUT2D eigenvalue weighted by Crippen LogP contribution is 2.41. The summed E-state index contributed by atoms with van der Waals surface area (Å²) in [4.78, 5) is 23.1. The number of hydrogen-bond acceptors (Lipinski definition) is 4. The third kappa shape index (κ3) is 1.72. The fourth-order valence-electron chi connectivity index (χ4n) is 1.55. The minimum atomic E-state index is -0.125. The van der Waals surface area contributed by atoms with Crippen molar-refractivity contribution in [3.8, 4) is 11.5 Å². The summed E-state index contributed by atoms with van der Waals surface area (Å²) in [5.41, 5.74) is 3.21. The van der Waals surface area contributed by atoms with Crippen LogP contribution >= 0.6 is 27.3 Å². The van der Waals surface area contributed by atoms with Gasteiger partial charge in [-0.25, -0.2) is 9.97 Å². The molecule has 0 saturated heterocycles. The maximum Gasteiger partial charge on any atom is 0.265 e. The monoisotopic (exact) mass is 297 g/mol. The summed E-state index contributed by atoms with van der Waals surface area (Å²) in [5, 5.41) is 1.88. The Morgan fingerprint density at radius 2 is 2.31 bits per heavy atom. The first-order valence-corrected chi connectivity index (χ1v) is 6.67. The smallest absolute Gasteiger partial charge is 0.265 e. The predicted octanol–water partition coefficient (Wildman–Crippen LogP) is 2.53. The molecule has 0 aliphatic heterocycles. The van der Waals surface area contributed by atoms with Gasteiger partial charge in [0.15, 0.2) is 5.82 Å². The van der Waals surface area contributed by atoms with Crippen LogP contribution < -0.4 is 5.56 Å². The summed E-state index contributed by atoms with van der Waals surface area (Å²) in [7, 11) is 0. The van der Waals surface area contributed by atoms with Gasteiger partial charge >= 0.3 is 0 Å². The standard InChI is InChI=1S/C10H8BrN3OS/c11-7-8(5-1-2-5)13-9(14-10(7)15)6-3-16-4-12-6/h3-5H,1-2H2,(H,13,14,15). The molecule has 1 aliphatic carbocycles. The van der Waals surface area contributed by atoms with Gasteiger partial charge < -0.3 is 4.98 Å². The minimum absolute atomic E-state index is 0.125. The van der Waals surface area contributed by atoms with Crippen LogP contribution in [0.2, 0.25) is 0 Å². The van der Waals surface area contributed by atoms with Gasteiger partial charge in [-0.15, -0.1) is 11.3 Å². The second-order valence-corrected chi connectivity index (χ2v) is 5.27. The van der Waals surface area contributed by atoms with Crippen molar-refractivity contribution in [1.29, 1.82) is 0 Å². The van der Waals surface area contributed by atoms with Crippen molar-refractivity contribution in [2.24, 2.45) is 0 Å². The maximum atomic E-state index is 11.7. The van der Waals surface area contributed by atoms with E-state index >= 15 is 0 Å². The molecule has 0 spiro atoms. The second kappa shape index (κ2) is 3.78. The Morgan fingerprint density at radius 1 is 1.50 bits per heavy atom. The van der Waals surface area contributed by atoms with E-state index in [4.69, 9.17) is 0 Å². The number of aromatic nitrogens is 3. The highest BCUT2D eigenvalue weighted by atomic mass is 79.9. The molecule has 1 fully saturated rings. The fraction of sp³-hybridized carbons (Fsp3) is 0.300. The average molecular weight is 298 g/mol. The first kappa shape index (κ1) is 10.2. The first-order valence-electron chi connectivity index (χ1n) is 4.94. The van der Waals surface area contributed by atoms with Crippen LogP contribution in [0.1, 0.15) is 24.5 Å². The van der Waals surface area contributed by atoms with Crippen molar-refractivity contribution in [1.82, 2.24) is 15.0 Å². The largest absolute Gasteiger partial charge is 0.304 e. The summed E-state index contributed by atoms with van der Waals surface area (Å²) in [6, 6.07) is 0. The van der Waals surface area contributed by atoms with E-state index in [1.165, 1.54) is 11.3 Å². The van der Waals surface area contributed by atoms with Gasteiger partial charge in [0.1, 0.15) is 10.2 Å². The first-order chi connectivity index (χ1) is 7.75. The molecule has 3 rings (SSSR count). The van der Waals surface area contributed by atoms with Gasteiger partial charge in [0.2, 0.25) is 0 Å². The summed E-state index contributed by atoms with van der Waals surface area (Å²) in [6.45, 7) is 0. The zero-order valence-electron chi connectivity index (χ0n) is 8.24. The average Bonchev–Trinajstić information content (AvgIpc) is 2.96. The second-order valence-electron chi connectivity index (χ2n) is 3.76. The molecule has 0 unspecified atom stereocenters. The SMILES string of the molecule is O=c1[nH]c(-c2cscn2)nc(C2CC2)c1Br. The van der Waals surface area contributed by atoms with Crippen molar-refractivity contribution >= 4 is 27.3 Å². The van der Waals surface area contributed by atoms with Crippen LogP contribution in [0.25, 0.3) is 11.5 Å². The van der Waals surface area contributed by atoms with Crippen molar-refractivity contribution < 1.29 is 0 Å². The van der Waals surface area contributed by atoms with E-state index in [0.29, 0.717) is 16.2 Å². The Morgan fingerprint density at radius 3 is 2.94 bits per heavy atom. The van der Waals surface area contributed by atoms with E-state index in [2.05, 4.69) is 30.9 Å². The highest BCUT2D eigenvalue weighted by Gasteiger charge is 2.29. The van der Waals surface area contributed by atoms with Gasteiger partial charge in [0.25, 0.3) is 5.56 Å². The van der Waals surface area contributed by atoms with E-state index in [1.807, 2.05) is 5.38 Å². The molecule has 1 saturated carbocycles. The summed E-state index contributed by atoms with van der Waals surface area (Å²) < 4.78 is 0.564. The van der Waals surface area contributed by atoms with Crippen LogP contribution in [-0.2, 0) is 0 Å². The Labute approximate surface area is 104 Å². The molecule has 6 heteroatoms. The van der Waals surface area contributed by atoms with Crippen LogP contribution in [0, 0.1) is 0 Å². The molecule has 82 valence electrons. The number of H-pyrrole nitrogens is 1. The lowest BCUT2D eigenvalue weighted by atomic mass is 10.3. The summed E-state index contributed by atoms with van der Waals surface area (Å²) >= 11 is 4.78. The Kier molecular flexibility index (Phi) is 2.40. The molecule has 1 N–H and O–H groups in total. The number of thiazole rings is 1. The lowest BCUT2D eigenvalue weighted by Crippen LogP contribution is -2.13. The number of halogens is 1. The lowest BCUT2D eigenvalue weighted by molar-refractivity contribution is 0.956. The summed E-state index contributed by atoms with van der Waals surface area (Å²) in [6.07, 6.45) is 2.23. The zero-order chi connectivity index (χ0) is 11.1. The Hall–Kier alpha value is -1.01. The molecule has 2 aromatic heterocycles. The molecule has 2 heterocycles. The molecular formula is C10H8BrN3OS. The third-order valence-electron chi connectivity index (χ3n) is 2.53. The molecular weight excluding hydrogens is 290 g/mol. The summed E-state index contributed by atoms with van der Waals surface area (Å²) in [5.74, 6) is 1.01. The molecule has 0 aromatic carbocycles. The van der Waals surface area contributed by atoms with Crippen LogP contribution in [0.3, 0.4) is 0 Å². The normalized spacial score (nSPS) is 15.3. The number of rotatable bonds is 2. The molecule has 2 aromatic rings. The lowest BCUT2D eigenvalue weighted by Gasteiger charge is -2.03. The topological polar surface area (TPSA) is 58.6 Å². The fourth-order valence-corrected chi connectivity index (χ4v) is 2.60. The number of nitrogens with one attached hydrogen (secondary N) is 1. The van der Waals surface area contributed by atoms with Gasteiger partial charge in [-0.1, -0.05) is 0 Å².